The lowest BCUT2D eigenvalue weighted by Crippen LogP contribution is -2.43. The first-order chi connectivity index (χ1) is 11.4. The molecule has 24 heavy (non-hydrogen) atoms. The molecule has 0 aromatic heterocycles. The maximum atomic E-state index is 13.1. The van der Waals surface area contributed by atoms with Gasteiger partial charge in [0.25, 0.3) is 0 Å². The molecule has 0 spiro atoms. The number of Topliss-reactive ketones (excluding diaryl/α,β-unsaturated/α-hetero) is 1. The van der Waals surface area contributed by atoms with Crippen LogP contribution in [0.2, 0.25) is 0 Å². The average molecular weight is 351 g/mol. The summed E-state index contributed by atoms with van der Waals surface area (Å²) in [5, 5.41) is 0. The van der Waals surface area contributed by atoms with E-state index < -0.39 is 18.8 Å². The van der Waals surface area contributed by atoms with E-state index in [-0.39, 0.29) is 25.4 Å². The lowest BCUT2D eigenvalue weighted by atomic mass is 9.77. The molecule has 2 rings (SSSR count). The van der Waals surface area contributed by atoms with Crippen LogP contribution in [0.25, 0.3) is 6.08 Å². The second-order valence-electron chi connectivity index (χ2n) is 6.06. The van der Waals surface area contributed by atoms with Crippen molar-refractivity contribution in [2.45, 2.75) is 44.8 Å². The molecule has 2 unspecified atom stereocenters. The molecule has 0 fully saturated rings. The van der Waals surface area contributed by atoms with E-state index in [0.29, 0.717) is 6.42 Å². The molecular weight excluding hydrogens is 325 g/mol. The number of nitrogens with two attached hydrogens (primary N) is 1. The van der Waals surface area contributed by atoms with Crippen LogP contribution in [0.1, 0.15) is 44.7 Å². The summed E-state index contributed by atoms with van der Waals surface area (Å²) in [4.78, 5) is 12.3. The highest BCUT2D eigenvalue weighted by Crippen LogP contribution is 2.56. The molecule has 0 heterocycles. The third kappa shape index (κ3) is 3.86. The van der Waals surface area contributed by atoms with Crippen molar-refractivity contribution in [3.63, 3.8) is 0 Å². The zero-order valence-electron chi connectivity index (χ0n) is 14.5. The van der Waals surface area contributed by atoms with Crippen LogP contribution >= 0.6 is 7.60 Å². The Morgan fingerprint density at radius 3 is 2.50 bits per heavy atom. The maximum absolute atomic E-state index is 13.1. The fourth-order valence-electron chi connectivity index (χ4n) is 3.20. The molecule has 0 saturated heterocycles. The van der Waals surface area contributed by atoms with Crippen molar-refractivity contribution in [3.8, 4) is 0 Å². The molecule has 0 radical (unpaired) electrons. The van der Waals surface area contributed by atoms with Gasteiger partial charge in [0.1, 0.15) is 11.4 Å². The largest absolute Gasteiger partial charge is 0.341 e. The summed E-state index contributed by atoms with van der Waals surface area (Å²) in [7, 11) is -3.56. The van der Waals surface area contributed by atoms with Crippen LogP contribution in [0.4, 0.5) is 0 Å². The Morgan fingerprint density at radius 2 is 1.92 bits per heavy atom. The van der Waals surface area contributed by atoms with Crippen LogP contribution in [0.5, 0.6) is 0 Å². The van der Waals surface area contributed by atoms with Gasteiger partial charge in [-0.25, -0.2) is 0 Å². The highest BCUT2D eigenvalue weighted by Gasteiger charge is 2.45. The van der Waals surface area contributed by atoms with Crippen LogP contribution in [-0.4, -0.2) is 24.7 Å². The van der Waals surface area contributed by atoms with Gasteiger partial charge in [0.05, 0.1) is 13.2 Å². The molecule has 1 aliphatic carbocycles. The monoisotopic (exact) mass is 351 g/mol. The first-order valence-corrected chi connectivity index (χ1v) is 9.91. The van der Waals surface area contributed by atoms with E-state index in [1.807, 2.05) is 36.4 Å². The minimum atomic E-state index is -3.56. The van der Waals surface area contributed by atoms with Gasteiger partial charge in [-0.1, -0.05) is 36.4 Å². The number of hydrogen-bond acceptors (Lipinski definition) is 5. The number of benzene rings is 1. The number of ketones is 1. The van der Waals surface area contributed by atoms with Gasteiger partial charge in [0.2, 0.25) is 0 Å². The highest BCUT2D eigenvalue weighted by atomic mass is 31.2. The normalized spacial score (nSPS) is 21.3. The first-order valence-electron chi connectivity index (χ1n) is 8.30. The molecule has 6 heteroatoms. The van der Waals surface area contributed by atoms with Crippen molar-refractivity contribution >= 4 is 19.5 Å². The van der Waals surface area contributed by atoms with Crippen LogP contribution in [0.15, 0.2) is 30.3 Å². The van der Waals surface area contributed by atoms with Crippen molar-refractivity contribution in [2.24, 2.45) is 5.73 Å². The molecule has 0 saturated carbocycles. The highest BCUT2D eigenvalue weighted by molar-refractivity contribution is 7.55. The van der Waals surface area contributed by atoms with Crippen molar-refractivity contribution < 1.29 is 18.4 Å². The summed E-state index contributed by atoms with van der Waals surface area (Å²) in [5.41, 5.74) is 7.00. The van der Waals surface area contributed by atoms with Gasteiger partial charge in [-0.15, -0.1) is 0 Å². The van der Waals surface area contributed by atoms with E-state index >= 15 is 0 Å². The predicted molar refractivity (Wildman–Crippen MR) is 95.9 cm³/mol. The minimum Gasteiger partial charge on any atom is -0.321 e. The van der Waals surface area contributed by atoms with Gasteiger partial charge in [-0.3, -0.25) is 9.36 Å². The van der Waals surface area contributed by atoms with E-state index in [1.54, 1.807) is 13.8 Å². The second kappa shape index (κ2) is 7.75. The summed E-state index contributed by atoms with van der Waals surface area (Å²) in [6, 6.07) is 7.82. The van der Waals surface area contributed by atoms with Crippen molar-refractivity contribution in [1.82, 2.24) is 0 Å². The summed E-state index contributed by atoms with van der Waals surface area (Å²) >= 11 is 0. The van der Waals surface area contributed by atoms with Gasteiger partial charge in [0.15, 0.2) is 0 Å². The van der Waals surface area contributed by atoms with Crippen LogP contribution < -0.4 is 5.73 Å². The van der Waals surface area contributed by atoms with E-state index in [0.717, 1.165) is 11.1 Å². The van der Waals surface area contributed by atoms with Crippen LogP contribution in [-0.2, 0) is 23.9 Å². The van der Waals surface area contributed by atoms with Crippen molar-refractivity contribution in [2.75, 3.05) is 13.2 Å². The fourth-order valence-corrected chi connectivity index (χ4v) is 5.34. The second-order valence-corrected chi connectivity index (χ2v) is 8.28. The number of hydrogen-bond donors (Lipinski definition) is 1. The fraction of sp³-hybridized carbons (Fsp3) is 0.500. The smallest absolute Gasteiger partial charge is 0.321 e. The molecule has 1 aliphatic rings. The topological polar surface area (TPSA) is 78.6 Å². The number of fused-ring (bicyclic) bond motifs is 1. The summed E-state index contributed by atoms with van der Waals surface area (Å²) in [5.74, 6) is -0.225. The van der Waals surface area contributed by atoms with Crippen LogP contribution in [0, 0.1) is 0 Å². The molecule has 2 atom stereocenters. The van der Waals surface area contributed by atoms with Gasteiger partial charge < -0.3 is 14.8 Å². The van der Waals surface area contributed by atoms with Gasteiger partial charge in [-0.05, 0) is 44.7 Å². The minimum absolute atomic E-state index is 0.217. The molecule has 2 N–H and O–H groups in total. The third-order valence-electron chi connectivity index (χ3n) is 4.30. The molecular formula is C18H26NO4P. The first kappa shape index (κ1) is 19.1. The SMILES string of the molecule is CCOP(=O)(OCC)C(CC1(N)CC=Cc2ccccc21)C(C)=O. The Hall–Kier alpha value is -1.26. The zero-order chi connectivity index (χ0) is 17.8. The molecule has 0 bridgehead atoms. The van der Waals surface area contributed by atoms with Gasteiger partial charge >= 0.3 is 7.60 Å². The summed E-state index contributed by atoms with van der Waals surface area (Å²) in [6.07, 6.45) is 4.81. The quantitative estimate of drug-likeness (QED) is 0.719. The van der Waals surface area contributed by atoms with Crippen molar-refractivity contribution in [1.29, 1.82) is 0 Å². The predicted octanol–water partition coefficient (Wildman–Crippen LogP) is 3.87. The van der Waals surface area contributed by atoms with E-state index in [9.17, 15) is 9.36 Å². The van der Waals surface area contributed by atoms with Gasteiger partial charge in [0, 0.05) is 5.54 Å². The Morgan fingerprint density at radius 1 is 1.29 bits per heavy atom. The Bertz CT molecular complexity index is 663. The molecule has 5 nitrogen and oxygen atoms in total. The molecule has 1 aromatic rings. The lowest BCUT2D eigenvalue weighted by molar-refractivity contribution is -0.117. The summed E-state index contributed by atoms with van der Waals surface area (Å²) < 4.78 is 24.0. The van der Waals surface area contributed by atoms with Gasteiger partial charge in [-0.2, -0.15) is 0 Å². The zero-order valence-corrected chi connectivity index (χ0v) is 15.4. The Labute approximate surface area is 143 Å². The number of rotatable bonds is 8. The lowest BCUT2D eigenvalue weighted by Gasteiger charge is -2.37. The maximum Gasteiger partial charge on any atom is 0.341 e. The number of carbonyl (C=O) groups excluding carboxylic acids is 1. The third-order valence-corrected chi connectivity index (χ3v) is 6.85. The number of carbonyl (C=O) groups is 1. The van der Waals surface area contributed by atoms with Crippen molar-refractivity contribution in [3.05, 3.63) is 41.5 Å². The van der Waals surface area contributed by atoms with E-state index in [2.05, 4.69) is 0 Å². The molecule has 132 valence electrons. The Balaban J connectivity index is 2.39. The van der Waals surface area contributed by atoms with E-state index in [1.165, 1.54) is 6.92 Å². The Kier molecular flexibility index (Phi) is 6.16. The van der Waals surface area contributed by atoms with Crippen LogP contribution in [0.3, 0.4) is 0 Å². The molecule has 1 aromatic carbocycles. The van der Waals surface area contributed by atoms with E-state index in [4.69, 9.17) is 14.8 Å². The molecule has 0 amide bonds. The summed E-state index contributed by atoms with van der Waals surface area (Å²) in [6.45, 7) is 5.33. The standard InChI is InChI=1S/C18H26NO4P/c1-4-22-24(21,23-5-2)17(14(3)20)13-18(19)12-8-10-15-9-6-7-11-16(15)18/h6-11,17H,4-5,12-13,19H2,1-3H3. The molecule has 0 aliphatic heterocycles. The average Bonchev–Trinajstić information content (AvgIpc) is 2.53.